The molecule has 2 rings (SSSR count). The molecule has 1 amide bonds. The number of carboxylic acids is 1. The van der Waals surface area contributed by atoms with Crippen LogP contribution in [0.4, 0.5) is 0 Å². The highest BCUT2D eigenvalue weighted by Crippen LogP contribution is 2.42. The van der Waals surface area contributed by atoms with Crippen LogP contribution in [0, 0.1) is 0 Å². The smallest absolute Gasteiger partial charge is 0.305 e. The van der Waals surface area contributed by atoms with Crippen LogP contribution in [0.25, 0.3) is 0 Å². The van der Waals surface area contributed by atoms with E-state index >= 15 is 0 Å². The molecule has 0 aliphatic carbocycles. The van der Waals surface area contributed by atoms with Gasteiger partial charge in [0.1, 0.15) is 16.8 Å². The van der Waals surface area contributed by atoms with Crippen molar-refractivity contribution in [3.8, 4) is 17.2 Å². The van der Waals surface area contributed by atoms with Crippen molar-refractivity contribution < 1.29 is 34.2 Å². The molecule has 0 fully saturated rings. The van der Waals surface area contributed by atoms with Crippen molar-refractivity contribution in [2.75, 3.05) is 0 Å². The molecule has 0 aliphatic heterocycles. The van der Waals surface area contributed by atoms with Gasteiger partial charge in [-0.05, 0) is 81.6 Å². The minimum Gasteiger partial charge on any atom is -0.507 e. The van der Waals surface area contributed by atoms with Crippen LogP contribution in [-0.4, -0.2) is 33.2 Å². The number of halogens is 2. The molecule has 2 aromatic rings. The Morgan fingerprint density at radius 1 is 1.23 bits per heavy atom. The molecule has 0 heterocycles. The first-order chi connectivity index (χ1) is 13.9. The number of hydrogen-bond donors (Lipinski definition) is 4. The van der Waals surface area contributed by atoms with Crippen molar-refractivity contribution in [1.82, 2.24) is 5.32 Å². The lowest BCUT2D eigenvalue weighted by molar-refractivity contribution is -0.137. The average Bonchev–Trinajstić information content (AvgIpc) is 2.64. The van der Waals surface area contributed by atoms with E-state index in [0.717, 1.165) is 0 Å². The number of phenolic OH excluding ortho intramolecular Hbond substituents is 1. The Morgan fingerprint density at radius 2 is 1.83 bits per heavy atom. The predicted molar refractivity (Wildman–Crippen MR) is 119 cm³/mol. The first-order valence-electron chi connectivity index (χ1n) is 8.66. The van der Waals surface area contributed by atoms with Gasteiger partial charge in [-0.2, -0.15) is 0 Å². The maximum atomic E-state index is 12.4. The summed E-state index contributed by atoms with van der Waals surface area (Å²) in [7, 11) is -1.48. The lowest BCUT2D eigenvalue weighted by atomic mass is 10.1. The molecule has 3 atom stereocenters. The quantitative estimate of drug-likeness (QED) is 0.353. The maximum Gasteiger partial charge on any atom is 0.305 e. The molecule has 0 bridgehead atoms. The van der Waals surface area contributed by atoms with Crippen LogP contribution < -0.4 is 10.1 Å². The van der Waals surface area contributed by atoms with E-state index < -0.39 is 31.7 Å². The molecule has 4 N–H and O–H groups in total. The number of hydrogen-bond acceptors (Lipinski definition) is 6. The van der Waals surface area contributed by atoms with E-state index in [9.17, 15) is 24.4 Å². The first kappa shape index (κ1) is 24.4. The summed E-state index contributed by atoms with van der Waals surface area (Å²) in [6, 6.07) is 6.58. The Labute approximate surface area is 190 Å². The van der Waals surface area contributed by atoms with Gasteiger partial charge in [0, 0.05) is 6.04 Å². The number of carboxylic acid groups (broad SMARTS) is 1. The highest BCUT2D eigenvalue weighted by Gasteiger charge is 2.24. The zero-order chi connectivity index (χ0) is 22.6. The summed E-state index contributed by atoms with van der Waals surface area (Å²) in [6.45, 7) is 2.98. The van der Waals surface area contributed by atoms with E-state index in [1.807, 2.05) is 0 Å². The van der Waals surface area contributed by atoms with Crippen molar-refractivity contribution in [3.63, 3.8) is 0 Å². The van der Waals surface area contributed by atoms with Gasteiger partial charge in [0.15, 0.2) is 5.75 Å². The summed E-state index contributed by atoms with van der Waals surface area (Å²) in [5, 5.41) is 30.1. The van der Waals surface area contributed by atoms with Gasteiger partial charge in [0.2, 0.25) is 0 Å². The topological polar surface area (TPSA) is 133 Å². The SMILES string of the molecule is CC(CC(=O)O)NC(=O)c1cc(Oc2c(Br)cc(C(C)(O)[PH2]=O)cc2Br)ccc1O. The number of rotatable bonds is 8. The number of nitrogens with one attached hydrogen (secondary N) is 1. The van der Waals surface area contributed by atoms with Gasteiger partial charge in [-0.25, -0.2) is 0 Å². The summed E-state index contributed by atoms with van der Waals surface area (Å²) in [5.41, 5.74) is 0.350. The van der Waals surface area contributed by atoms with Crippen LogP contribution in [0.2, 0.25) is 0 Å². The summed E-state index contributed by atoms with van der Waals surface area (Å²) in [4.78, 5) is 23.2. The fraction of sp³-hybridized carbons (Fsp3) is 0.263. The fourth-order valence-electron chi connectivity index (χ4n) is 2.51. The van der Waals surface area contributed by atoms with E-state index in [2.05, 4.69) is 37.2 Å². The van der Waals surface area contributed by atoms with E-state index in [-0.39, 0.29) is 23.5 Å². The Bertz CT molecular complexity index is 974. The third-order valence-electron chi connectivity index (χ3n) is 4.10. The van der Waals surface area contributed by atoms with E-state index in [0.29, 0.717) is 20.3 Å². The van der Waals surface area contributed by atoms with Crippen molar-refractivity contribution >= 4 is 52.2 Å². The second kappa shape index (κ2) is 9.96. The molecule has 0 saturated carbocycles. The number of carbonyl (C=O) groups excluding carboxylic acids is 1. The Morgan fingerprint density at radius 3 is 2.37 bits per heavy atom. The highest BCUT2D eigenvalue weighted by molar-refractivity contribution is 9.11. The van der Waals surface area contributed by atoms with E-state index in [4.69, 9.17) is 9.84 Å². The zero-order valence-electron chi connectivity index (χ0n) is 16.0. The Hall–Kier alpha value is -1.87. The molecule has 3 unspecified atom stereocenters. The molecule has 11 heteroatoms. The standard InChI is InChI=1S/C19H20Br2NO7P/c1-9(5-16(24)25)22-18(26)12-8-11(3-4-15(12)23)29-17-13(20)6-10(7-14(17)21)19(2,27)30-28/h3-4,6-9,23,27H,5,30H2,1-2H3,(H,22,26)(H,24,25). The van der Waals surface area contributed by atoms with Crippen molar-refractivity contribution in [1.29, 1.82) is 0 Å². The molecular formula is C19H20Br2NO7P. The summed E-state index contributed by atoms with van der Waals surface area (Å²) >= 11 is 6.70. The summed E-state index contributed by atoms with van der Waals surface area (Å²) in [5.74, 6) is -1.41. The van der Waals surface area contributed by atoms with Crippen molar-refractivity contribution in [2.24, 2.45) is 0 Å². The van der Waals surface area contributed by atoms with Gasteiger partial charge in [-0.1, -0.05) is 0 Å². The van der Waals surface area contributed by atoms with Gasteiger partial charge in [0.05, 0.1) is 29.4 Å². The molecule has 0 aliphatic rings. The molecular weight excluding hydrogens is 545 g/mol. The number of aliphatic carboxylic acids is 1. The lowest BCUT2D eigenvalue weighted by Gasteiger charge is -2.20. The molecule has 0 saturated heterocycles. The summed E-state index contributed by atoms with van der Waals surface area (Å²) < 4.78 is 18.1. The molecule has 0 radical (unpaired) electrons. The fourth-order valence-corrected chi connectivity index (χ4v) is 4.16. The third kappa shape index (κ3) is 6.07. The molecule has 0 aromatic heterocycles. The van der Waals surface area contributed by atoms with Crippen LogP contribution in [-0.2, 0) is 14.7 Å². The largest absolute Gasteiger partial charge is 0.507 e. The Kier molecular flexibility index (Phi) is 8.10. The molecule has 162 valence electrons. The zero-order valence-corrected chi connectivity index (χ0v) is 20.3. The lowest BCUT2D eigenvalue weighted by Crippen LogP contribution is -2.34. The minimum absolute atomic E-state index is 0.0773. The number of amides is 1. The number of benzene rings is 2. The Balaban J connectivity index is 2.30. The minimum atomic E-state index is -1.48. The van der Waals surface area contributed by atoms with Crippen molar-refractivity contribution in [2.45, 2.75) is 31.7 Å². The van der Waals surface area contributed by atoms with E-state index in [1.165, 1.54) is 32.0 Å². The normalized spacial score (nSPS) is 14.3. The maximum absolute atomic E-state index is 12.4. The van der Waals surface area contributed by atoms with Gasteiger partial charge < -0.3 is 29.9 Å². The molecule has 2 aromatic carbocycles. The van der Waals surface area contributed by atoms with E-state index in [1.54, 1.807) is 12.1 Å². The van der Waals surface area contributed by atoms with Gasteiger partial charge in [-0.15, -0.1) is 0 Å². The average molecular weight is 565 g/mol. The third-order valence-corrected chi connectivity index (χ3v) is 6.07. The summed E-state index contributed by atoms with van der Waals surface area (Å²) in [6.07, 6.45) is -0.260. The number of aliphatic hydroxyl groups is 1. The van der Waals surface area contributed by atoms with Gasteiger partial charge >= 0.3 is 5.97 Å². The monoisotopic (exact) mass is 563 g/mol. The predicted octanol–water partition coefficient (Wildman–Crippen LogP) is 4.22. The molecule has 8 nitrogen and oxygen atoms in total. The number of ether oxygens (including phenoxy) is 1. The second-order valence-electron chi connectivity index (χ2n) is 6.79. The van der Waals surface area contributed by atoms with Gasteiger partial charge in [0.25, 0.3) is 5.91 Å². The second-order valence-corrected chi connectivity index (χ2v) is 9.86. The number of aromatic hydroxyl groups is 1. The number of carbonyl (C=O) groups is 2. The highest BCUT2D eigenvalue weighted by atomic mass is 79.9. The van der Waals surface area contributed by atoms with Crippen LogP contribution in [0.15, 0.2) is 39.3 Å². The van der Waals surface area contributed by atoms with Gasteiger partial charge in [-0.3, -0.25) is 9.59 Å². The van der Waals surface area contributed by atoms with Crippen molar-refractivity contribution in [3.05, 3.63) is 50.4 Å². The number of phenols is 1. The van der Waals surface area contributed by atoms with Crippen LogP contribution in [0.1, 0.15) is 36.2 Å². The van der Waals surface area contributed by atoms with Crippen LogP contribution in [0.5, 0.6) is 17.2 Å². The first-order valence-corrected chi connectivity index (χ1v) is 11.3. The molecule has 0 spiro atoms. The van der Waals surface area contributed by atoms with Crippen LogP contribution >= 0.6 is 40.3 Å². The van der Waals surface area contributed by atoms with Crippen LogP contribution in [0.3, 0.4) is 0 Å². The molecule has 30 heavy (non-hydrogen) atoms.